The van der Waals surface area contributed by atoms with Crippen molar-refractivity contribution in [2.24, 2.45) is 0 Å². The molecule has 1 aromatic rings. The summed E-state index contributed by atoms with van der Waals surface area (Å²) in [6.45, 7) is 0. The van der Waals surface area contributed by atoms with Crippen LogP contribution in [0.15, 0.2) is 9.62 Å². The van der Waals surface area contributed by atoms with Gasteiger partial charge in [-0.2, -0.15) is 0 Å². The fraction of sp³-hybridized carbons (Fsp3) is 0.333. The molecule has 0 saturated carbocycles. The number of carboxylic acid groups (broad SMARTS) is 1. The number of hydrogen-bond acceptors (Lipinski definition) is 4. The largest absolute Gasteiger partial charge is 0.481 e. The molecule has 1 aromatic heterocycles. The van der Waals surface area contributed by atoms with E-state index in [9.17, 15) is 4.79 Å². The van der Waals surface area contributed by atoms with Crippen molar-refractivity contribution in [2.45, 2.75) is 11.5 Å². The van der Waals surface area contributed by atoms with Gasteiger partial charge in [0.15, 0.2) is 0 Å². The molecule has 1 rings (SSSR count). The topological polar surface area (TPSA) is 63.3 Å². The Labute approximate surface area is 77.9 Å². The molecule has 0 radical (unpaired) electrons. The van der Waals surface area contributed by atoms with Gasteiger partial charge in [-0.3, -0.25) is 4.79 Å². The van der Waals surface area contributed by atoms with E-state index < -0.39 is 5.97 Å². The molecular weight excluding hydrogens is 202 g/mol. The first kappa shape index (κ1) is 9.41. The Morgan fingerprint density at radius 1 is 1.83 bits per heavy atom. The molecule has 0 fully saturated rings. The molecule has 0 saturated heterocycles. The van der Waals surface area contributed by atoms with E-state index in [0.29, 0.717) is 10.1 Å². The molecule has 0 unspecified atom stereocenters. The smallest absolute Gasteiger partial charge is 0.309 e. The van der Waals surface area contributed by atoms with Crippen LogP contribution < -0.4 is 0 Å². The average Bonchev–Trinajstić information content (AvgIpc) is 2.32. The first-order valence-corrected chi connectivity index (χ1v) is 4.65. The number of aromatic nitrogens is 1. The van der Waals surface area contributed by atoms with Gasteiger partial charge < -0.3 is 9.63 Å². The summed E-state index contributed by atoms with van der Waals surface area (Å²) < 4.78 is 4.76. The highest BCUT2D eigenvalue weighted by Crippen LogP contribution is 2.28. The normalized spacial score (nSPS) is 10.2. The second-order valence-electron chi connectivity index (χ2n) is 2.01. The maximum atomic E-state index is 10.3. The van der Waals surface area contributed by atoms with Crippen LogP contribution in [0.2, 0.25) is 5.02 Å². The standard InChI is InChI=1S/C6H6ClNO3S/c1-12-6-5(7)3(8-11-6)2-4(9)10/h2H2,1H3,(H,9,10). The monoisotopic (exact) mass is 207 g/mol. The van der Waals surface area contributed by atoms with E-state index >= 15 is 0 Å². The molecule has 0 aliphatic carbocycles. The summed E-state index contributed by atoms with van der Waals surface area (Å²) in [5.74, 6) is -0.974. The predicted octanol–water partition coefficient (Wildman–Crippen LogP) is 1.68. The van der Waals surface area contributed by atoms with Crippen LogP contribution in [-0.4, -0.2) is 22.5 Å². The van der Waals surface area contributed by atoms with E-state index in [1.54, 1.807) is 6.26 Å². The van der Waals surface area contributed by atoms with Crippen molar-refractivity contribution in [1.29, 1.82) is 0 Å². The van der Waals surface area contributed by atoms with Crippen LogP contribution in [-0.2, 0) is 11.2 Å². The van der Waals surface area contributed by atoms with Crippen LogP contribution in [0.4, 0.5) is 0 Å². The maximum absolute atomic E-state index is 10.3. The van der Waals surface area contributed by atoms with Crippen molar-refractivity contribution in [3.05, 3.63) is 10.7 Å². The SMILES string of the molecule is CSc1onc(CC(=O)O)c1Cl. The zero-order valence-electron chi connectivity index (χ0n) is 6.20. The molecule has 0 amide bonds. The Balaban J connectivity index is 2.87. The van der Waals surface area contributed by atoms with Crippen LogP contribution in [0, 0.1) is 0 Å². The molecule has 66 valence electrons. The van der Waals surface area contributed by atoms with Gasteiger partial charge in [-0.1, -0.05) is 28.5 Å². The summed E-state index contributed by atoms with van der Waals surface area (Å²) in [6, 6.07) is 0. The first-order valence-electron chi connectivity index (χ1n) is 3.05. The maximum Gasteiger partial charge on any atom is 0.309 e. The number of halogens is 1. The van der Waals surface area contributed by atoms with Crippen LogP contribution in [0.5, 0.6) is 0 Å². The molecule has 0 aliphatic heterocycles. The second kappa shape index (κ2) is 3.82. The fourth-order valence-electron chi connectivity index (χ4n) is 0.675. The van der Waals surface area contributed by atoms with Crippen LogP contribution in [0.1, 0.15) is 5.69 Å². The molecule has 12 heavy (non-hydrogen) atoms. The summed E-state index contributed by atoms with van der Waals surface area (Å²) in [5.41, 5.74) is 0.272. The van der Waals surface area contributed by atoms with Crippen LogP contribution in [0.3, 0.4) is 0 Å². The zero-order chi connectivity index (χ0) is 9.14. The Kier molecular flexibility index (Phi) is 2.99. The van der Waals surface area contributed by atoms with E-state index in [1.807, 2.05) is 0 Å². The molecule has 0 bridgehead atoms. The molecule has 0 aliphatic rings. The van der Waals surface area contributed by atoms with Gasteiger partial charge in [0, 0.05) is 0 Å². The third kappa shape index (κ3) is 1.92. The highest BCUT2D eigenvalue weighted by atomic mass is 35.5. The molecule has 0 atom stereocenters. The third-order valence-corrected chi connectivity index (χ3v) is 2.33. The lowest BCUT2D eigenvalue weighted by atomic mass is 10.3. The van der Waals surface area contributed by atoms with E-state index in [-0.39, 0.29) is 12.1 Å². The van der Waals surface area contributed by atoms with Gasteiger partial charge in [-0.25, -0.2) is 0 Å². The van der Waals surface area contributed by atoms with Crippen molar-refractivity contribution in [1.82, 2.24) is 5.16 Å². The van der Waals surface area contributed by atoms with Gasteiger partial charge in [0.1, 0.15) is 10.7 Å². The molecule has 1 heterocycles. The lowest BCUT2D eigenvalue weighted by Gasteiger charge is -1.88. The van der Waals surface area contributed by atoms with Crippen molar-refractivity contribution in [3.8, 4) is 0 Å². The van der Waals surface area contributed by atoms with E-state index in [2.05, 4.69) is 5.16 Å². The minimum atomic E-state index is -0.974. The number of aliphatic carboxylic acids is 1. The zero-order valence-corrected chi connectivity index (χ0v) is 7.78. The minimum absolute atomic E-state index is 0.205. The van der Waals surface area contributed by atoms with Gasteiger partial charge in [0.05, 0.1) is 6.42 Å². The molecular formula is C6H6ClNO3S. The second-order valence-corrected chi connectivity index (χ2v) is 3.16. The minimum Gasteiger partial charge on any atom is -0.481 e. The van der Waals surface area contributed by atoms with Crippen molar-refractivity contribution in [3.63, 3.8) is 0 Å². The fourth-order valence-corrected chi connectivity index (χ4v) is 1.45. The van der Waals surface area contributed by atoms with E-state index in [4.69, 9.17) is 21.2 Å². The number of carboxylic acids is 1. The van der Waals surface area contributed by atoms with Gasteiger partial charge in [-0.05, 0) is 6.26 Å². The Bertz CT molecular complexity index is 299. The van der Waals surface area contributed by atoms with Crippen molar-refractivity contribution < 1.29 is 14.4 Å². The number of carbonyl (C=O) groups is 1. The average molecular weight is 208 g/mol. The number of nitrogens with zero attached hydrogens (tertiary/aromatic N) is 1. The summed E-state index contributed by atoms with van der Waals surface area (Å²) >= 11 is 7.02. The molecule has 6 heteroatoms. The highest BCUT2D eigenvalue weighted by molar-refractivity contribution is 7.98. The van der Waals surface area contributed by atoms with E-state index in [1.165, 1.54) is 11.8 Å². The number of hydrogen-bond donors (Lipinski definition) is 1. The third-order valence-electron chi connectivity index (χ3n) is 1.18. The molecule has 0 spiro atoms. The van der Waals surface area contributed by atoms with Gasteiger partial charge >= 0.3 is 5.97 Å². The Morgan fingerprint density at radius 3 is 2.92 bits per heavy atom. The van der Waals surface area contributed by atoms with Gasteiger partial charge in [0.2, 0.25) is 5.09 Å². The quantitative estimate of drug-likeness (QED) is 0.764. The van der Waals surface area contributed by atoms with Crippen molar-refractivity contribution >= 4 is 29.3 Å². The summed E-state index contributed by atoms with van der Waals surface area (Å²) in [6.07, 6.45) is 1.57. The predicted molar refractivity (Wildman–Crippen MR) is 44.6 cm³/mol. The van der Waals surface area contributed by atoms with E-state index in [0.717, 1.165) is 0 Å². The van der Waals surface area contributed by atoms with Crippen LogP contribution in [0.25, 0.3) is 0 Å². The number of rotatable bonds is 3. The van der Waals surface area contributed by atoms with Gasteiger partial charge in [0.25, 0.3) is 0 Å². The first-order chi connectivity index (χ1) is 5.65. The van der Waals surface area contributed by atoms with Crippen LogP contribution >= 0.6 is 23.4 Å². The molecule has 1 N–H and O–H groups in total. The lowest BCUT2D eigenvalue weighted by Crippen LogP contribution is -2.00. The lowest BCUT2D eigenvalue weighted by molar-refractivity contribution is -0.136. The highest BCUT2D eigenvalue weighted by Gasteiger charge is 2.15. The summed E-state index contributed by atoms with van der Waals surface area (Å²) in [7, 11) is 0. The summed E-state index contributed by atoms with van der Waals surface area (Å²) in [4.78, 5) is 10.3. The molecule has 0 aromatic carbocycles. The Morgan fingerprint density at radius 2 is 2.50 bits per heavy atom. The van der Waals surface area contributed by atoms with Crippen molar-refractivity contribution in [2.75, 3.05) is 6.26 Å². The van der Waals surface area contributed by atoms with Gasteiger partial charge in [-0.15, -0.1) is 0 Å². The Hall–Kier alpha value is -0.680. The number of thioether (sulfide) groups is 1. The summed E-state index contributed by atoms with van der Waals surface area (Å²) in [5, 5.41) is 12.7. The molecule has 4 nitrogen and oxygen atoms in total.